The van der Waals surface area contributed by atoms with E-state index >= 15 is 0 Å². The van der Waals surface area contributed by atoms with E-state index in [1.807, 2.05) is 0 Å². The summed E-state index contributed by atoms with van der Waals surface area (Å²) in [6.07, 6.45) is -0.920. The highest BCUT2D eigenvalue weighted by atomic mass is 19.1. The lowest BCUT2D eigenvalue weighted by atomic mass is 9.85. The Balaban J connectivity index is 2.51. The number of methoxy groups -OCH3 is 1. The van der Waals surface area contributed by atoms with Crippen LogP contribution < -0.4 is 5.32 Å². The van der Waals surface area contributed by atoms with Crippen molar-refractivity contribution in [1.82, 2.24) is 5.32 Å². The average Bonchev–Trinajstić information content (AvgIpc) is 2.57. The van der Waals surface area contributed by atoms with Crippen molar-refractivity contribution < 1.29 is 28.2 Å². The molecule has 7 heteroatoms. The number of alkyl carbamates (subject to hydrolysis) is 1. The summed E-state index contributed by atoms with van der Waals surface area (Å²) in [7, 11) is 1.11. The maximum Gasteiger partial charge on any atom is 0.407 e. The van der Waals surface area contributed by atoms with Crippen molar-refractivity contribution >= 4 is 12.1 Å². The third-order valence-electron chi connectivity index (χ3n) is 3.52. The summed E-state index contributed by atoms with van der Waals surface area (Å²) < 4.78 is 30.8. The van der Waals surface area contributed by atoms with Gasteiger partial charge in [-0.15, -0.1) is 0 Å². The normalized spacial score (nSPS) is 11.8. The number of nitrogens with one attached hydrogen (secondary N) is 1. The first-order valence-electron chi connectivity index (χ1n) is 7.00. The van der Waals surface area contributed by atoms with Crippen LogP contribution in [0.5, 0.6) is 0 Å². The zero-order valence-electron chi connectivity index (χ0n) is 12.7. The minimum Gasteiger partial charge on any atom is -0.480 e. The molecule has 1 atom stereocenters. The Bertz CT molecular complexity index is 671. The lowest BCUT2D eigenvalue weighted by Gasteiger charge is -2.25. The molecule has 24 heavy (non-hydrogen) atoms. The first kappa shape index (κ1) is 17.4. The van der Waals surface area contributed by atoms with Crippen LogP contribution in [-0.4, -0.2) is 30.3 Å². The molecule has 0 fully saturated rings. The van der Waals surface area contributed by atoms with E-state index in [2.05, 4.69) is 10.1 Å². The number of hydrogen-bond donors (Lipinski definition) is 2. The van der Waals surface area contributed by atoms with Crippen LogP contribution in [0.3, 0.4) is 0 Å². The van der Waals surface area contributed by atoms with Crippen LogP contribution in [0.2, 0.25) is 0 Å². The summed E-state index contributed by atoms with van der Waals surface area (Å²) in [5, 5.41) is 11.7. The average molecular weight is 335 g/mol. The first-order chi connectivity index (χ1) is 11.4. The van der Waals surface area contributed by atoms with E-state index in [0.717, 1.165) is 7.11 Å². The minimum absolute atomic E-state index is 0.451. The topological polar surface area (TPSA) is 75.6 Å². The van der Waals surface area contributed by atoms with Gasteiger partial charge in [0.2, 0.25) is 0 Å². The van der Waals surface area contributed by atoms with Crippen molar-refractivity contribution in [2.24, 2.45) is 0 Å². The van der Waals surface area contributed by atoms with Gasteiger partial charge in [-0.1, -0.05) is 24.3 Å². The van der Waals surface area contributed by atoms with Crippen molar-refractivity contribution in [2.75, 3.05) is 7.11 Å². The highest BCUT2D eigenvalue weighted by Crippen LogP contribution is 2.29. The fourth-order valence-electron chi connectivity index (χ4n) is 2.39. The number of rotatable bonds is 5. The number of ether oxygens (including phenoxy) is 1. The summed E-state index contributed by atoms with van der Waals surface area (Å²) in [5.74, 6) is -3.13. The molecular weight excluding hydrogens is 320 g/mol. The van der Waals surface area contributed by atoms with Gasteiger partial charge in [-0.3, -0.25) is 0 Å². The van der Waals surface area contributed by atoms with Gasteiger partial charge in [0.05, 0.1) is 7.11 Å². The van der Waals surface area contributed by atoms with Crippen LogP contribution in [0.4, 0.5) is 13.6 Å². The summed E-state index contributed by atoms with van der Waals surface area (Å²) in [4.78, 5) is 23.1. The van der Waals surface area contributed by atoms with Crippen molar-refractivity contribution in [2.45, 2.75) is 12.0 Å². The minimum atomic E-state index is -1.38. The van der Waals surface area contributed by atoms with Gasteiger partial charge in [-0.25, -0.2) is 18.4 Å². The smallest absolute Gasteiger partial charge is 0.407 e. The molecule has 0 heterocycles. The Morgan fingerprint density at radius 3 is 1.71 bits per heavy atom. The van der Waals surface area contributed by atoms with Gasteiger partial charge in [0.25, 0.3) is 0 Å². The molecule has 0 aliphatic rings. The van der Waals surface area contributed by atoms with Crippen molar-refractivity contribution in [3.8, 4) is 0 Å². The Morgan fingerprint density at radius 2 is 1.38 bits per heavy atom. The van der Waals surface area contributed by atoms with Gasteiger partial charge in [0, 0.05) is 5.92 Å². The predicted octanol–water partition coefficient (Wildman–Crippen LogP) is 2.91. The Hall–Kier alpha value is -2.96. The molecule has 0 aliphatic carbocycles. The van der Waals surface area contributed by atoms with Gasteiger partial charge in [-0.2, -0.15) is 0 Å². The number of aliphatic carboxylic acids is 1. The Kier molecular flexibility index (Phi) is 5.47. The Labute approximate surface area is 136 Å². The largest absolute Gasteiger partial charge is 0.480 e. The molecule has 0 radical (unpaired) electrons. The monoisotopic (exact) mass is 335 g/mol. The maximum absolute atomic E-state index is 13.2. The van der Waals surface area contributed by atoms with Crippen LogP contribution in [0.25, 0.3) is 0 Å². The zero-order valence-corrected chi connectivity index (χ0v) is 12.7. The molecule has 2 N–H and O–H groups in total. The molecule has 0 aromatic heterocycles. The zero-order chi connectivity index (χ0) is 17.7. The van der Waals surface area contributed by atoms with Crippen molar-refractivity contribution in [3.05, 3.63) is 71.3 Å². The van der Waals surface area contributed by atoms with Gasteiger partial charge in [0.15, 0.2) is 0 Å². The third kappa shape index (κ3) is 4.07. The second-order valence-corrected chi connectivity index (χ2v) is 5.03. The van der Waals surface area contributed by atoms with Crippen LogP contribution >= 0.6 is 0 Å². The second kappa shape index (κ2) is 7.54. The number of carbonyl (C=O) groups excluding carboxylic acids is 1. The standard InChI is InChI=1S/C17H15F2NO4/c1-24-17(23)20-15(16(21)22)14(10-2-6-12(18)7-3-10)11-4-8-13(19)9-5-11/h2-9,14-15H,1H3,(H,20,23)(H,21,22)/t15-/m0/s1. The molecule has 2 aromatic carbocycles. The van der Waals surface area contributed by atoms with E-state index in [4.69, 9.17) is 0 Å². The summed E-state index contributed by atoms with van der Waals surface area (Å²) >= 11 is 0. The van der Waals surface area contributed by atoms with Crippen molar-refractivity contribution in [3.63, 3.8) is 0 Å². The highest BCUT2D eigenvalue weighted by molar-refractivity contribution is 5.81. The van der Waals surface area contributed by atoms with E-state index in [-0.39, 0.29) is 0 Å². The van der Waals surface area contributed by atoms with Crippen molar-refractivity contribution in [1.29, 1.82) is 0 Å². The first-order valence-corrected chi connectivity index (χ1v) is 7.00. The molecule has 2 rings (SSSR count). The van der Waals surface area contributed by atoms with Gasteiger partial charge in [0.1, 0.15) is 17.7 Å². The number of carboxylic acids is 1. The van der Waals surface area contributed by atoms with Crippen LogP contribution in [-0.2, 0) is 9.53 Å². The van der Waals surface area contributed by atoms with Crippen LogP contribution in [0.1, 0.15) is 17.0 Å². The molecule has 0 saturated heterocycles. The quantitative estimate of drug-likeness (QED) is 0.881. The molecule has 0 saturated carbocycles. The maximum atomic E-state index is 13.2. The van der Waals surface area contributed by atoms with E-state index < -0.39 is 35.7 Å². The van der Waals surface area contributed by atoms with Gasteiger partial charge >= 0.3 is 12.1 Å². The van der Waals surface area contributed by atoms with Crippen LogP contribution in [0, 0.1) is 11.6 Å². The fraction of sp³-hybridized carbons (Fsp3) is 0.176. The number of carbonyl (C=O) groups is 2. The number of carboxylic acid groups (broad SMARTS) is 1. The van der Waals surface area contributed by atoms with E-state index in [9.17, 15) is 23.5 Å². The number of halogens is 2. The van der Waals surface area contributed by atoms with Gasteiger partial charge < -0.3 is 15.2 Å². The summed E-state index contributed by atoms with van der Waals surface area (Å²) in [6, 6.07) is 9.01. The predicted molar refractivity (Wildman–Crippen MR) is 81.6 cm³/mol. The summed E-state index contributed by atoms with van der Waals surface area (Å²) in [6.45, 7) is 0. The molecule has 1 amide bonds. The molecule has 0 aliphatic heterocycles. The lowest BCUT2D eigenvalue weighted by Crippen LogP contribution is -2.45. The van der Waals surface area contributed by atoms with E-state index in [1.54, 1.807) is 0 Å². The number of benzene rings is 2. The Morgan fingerprint density at radius 1 is 0.958 bits per heavy atom. The van der Waals surface area contributed by atoms with E-state index in [0.29, 0.717) is 11.1 Å². The number of amides is 1. The third-order valence-corrected chi connectivity index (χ3v) is 3.52. The highest BCUT2D eigenvalue weighted by Gasteiger charge is 2.32. The summed E-state index contributed by atoms with van der Waals surface area (Å²) in [5.41, 5.74) is 0.902. The molecule has 5 nitrogen and oxygen atoms in total. The molecular formula is C17H15F2NO4. The molecule has 0 spiro atoms. The SMILES string of the molecule is COC(=O)N[C@H](C(=O)O)C(c1ccc(F)cc1)c1ccc(F)cc1. The van der Waals surface area contributed by atoms with E-state index in [1.165, 1.54) is 48.5 Å². The van der Waals surface area contributed by atoms with Gasteiger partial charge in [-0.05, 0) is 35.4 Å². The molecule has 126 valence electrons. The molecule has 0 unspecified atom stereocenters. The molecule has 0 bridgehead atoms. The molecule has 2 aromatic rings. The van der Waals surface area contributed by atoms with Crippen LogP contribution in [0.15, 0.2) is 48.5 Å². The fourth-order valence-corrected chi connectivity index (χ4v) is 2.39. The lowest BCUT2D eigenvalue weighted by molar-refractivity contribution is -0.139. The number of hydrogen-bond acceptors (Lipinski definition) is 3. The second-order valence-electron chi connectivity index (χ2n) is 5.03.